The number of fused-ring (bicyclic) bond motifs is 5. The molecule has 0 saturated heterocycles. The first-order chi connectivity index (χ1) is 22.5. The van der Waals surface area contributed by atoms with Crippen molar-refractivity contribution in [3.05, 3.63) is 58.1 Å². The van der Waals surface area contributed by atoms with E-state index in [4.69, 9.17) is 23.8 Å². The highest BCUT2D eigenvalue weighted by Crippen LogP contribution is 2.66. The number of rotatable bonds is 9. The molecule has 1 aromatic rings. The first kappa shape index (κ1) is 34.4. The summed E-state index contributed by atoms with van der Waals surface area (Å²) in [6.45, 7) is 10.4. The number of esters is 2. The minimum atomic E-state index is -0.619. The van der Waals surface area contributed by atoms with E-state index >= 15 is 0 Å². The van der Waals surface area contributed by atoms with Crippen LogP contribution in [0.2, 0.25) is 0 Å². The number of hydrogen-bond donors (Lipinski definition) is 0. The van der Waals surface area contributed by atoms with Crippen LogP contribution in [0.3, 0.4) is 0 Å². The van der Waals surface area contributed by atoms with Crippen molar-refractivity contribution in [1.29, 1.82) is 0 Å². The highest BCUT2D eigenvalue weighted by atomic mass is 79.9. The van der Waals surface area contributed by atoms with E-state index in [1.807, 2.05) is 18.2 Å². The van der Waals surface area contributed by atoms with Crippen LogP contribution in [0.15, 0.2) is 57.7 Å². The Bertz CT molecular complexity index is 1410. The molecule has 0 aromatic heterocycles. The summed E-state index contributed by atoms with van der Waals surface area (Å²) in [6, 6.07) is 8.22. The number of nitrogens with zero attached hydrogens (tertiary/aromatic N) is 1. The van der Waals surface area contributed by atoms with Gasteiger partial charge in [-0.25, -0.2) is 0 Å². The topological polar surface area (TPSA) is 92.7 Å². The zero-order valence-corrected chi connectivity index (χ0v) is 30.0. The number of carbonyl (C=O) groups excluding carboxylic acids is 2. The Morgan fingerprint density at radius 3 is 2.51 bits per heavy atom. The summed E-state index contributed by atoms with van der Waals surface area (Å²) in [4.78, 5) is 28.9. The molecule has 6 rings (SSSR count). The Hall–Kier alpha value is -2.49. The third kappa shape index (κ3) is 7.28. The van der Waals surface area contributed by atoms with Gasteiger partial charge >= 0.3 is 11.9 Å². The van der Waals surface area contributed by atoms with Gasteiger partial charge in [0.15, 0.2) is 6.29 Å². The largest absolute Gasteiger partial charge is 0.463 e. The van der Waals surface area contributed by atoms with Gasteiger partial charge in [-0.1, -0.05) is 58.7 Å². The van der Waals surface area contributed by atoms with Crippen LogP contribution in [-0.4, -0.2) is 48.9 Å². The molecule has 4 aliphatic carbocycles. The molecule has 9 heteroatoms. The van der Waals surface area contributed by atoms with Crippen LogP contribution in [0.25, 0.3) is 0 Å². The van der Waals surface area contributed by atoms with Crippen molar-refractivity contribution in [2.75, 3.05) is 6.61 Å². The molecule has 5 aliphatic rings. The van der Waals surface area contributed by atoms with Gasteiger partial charge in [-0.05, 0) is 117 Å². The molecular weight excluding hydrogens is 662 g/mol. The van der Waals surface area contributed by atoms with E-state index in [2.05, 4.69) is 60.1 Å². The van der Waals surface area contributed by atoms with Gasteiger partial charge in [0.05, 0.1) is 11.8 Å². The smallest absolute Gasteiger partial charge is 0.303 e. The van der Waals surface area contributed by atoms with Gasteiger partial charge < -0.3 is 23.8 Å². The van der Waals surface area contributed by atoms with Crippen LogP contribution in [0.1, 0.15) is 91.5 Å². The van der Waals surface area contributed by atoms with Crippen LogP contribution < -0.4 is 0 Å². The third-order valence-electron chi connectivity index (χ3n) is 12.1. The first-order valence-corrected chi connectivity index (χ1v) is 18.2. The van der Waals surface area contributed by atoms with Crippen molar-refractivity contribution in [2.24, 2.45) is 39.7 Å². The average molecular weight is 713 g/mol. The van der Waals surface area contributed by atoms with Crippen molar-refractivity contribution in [3.63, 3.8) is 0 Å². The van der Waals surface area contributed by atoms with Gasteiger partial charge in [0.2, 0.25) is 0 Å². The van der Waals surface area contributed by atoms with E-state index in [9.17, 15) is 9.59 Å². The summed E-state index contributed by atoms with van der Waals surface area (Å²) in [5.41, 5.74) is 4.27. The summed E-state index contributed by atoms with van der Waals surface area (Å²) in [5.74, 6) is 1.74. The maximum Gasteiger partial charge on any atom is 0.303 e. The molecule has 256 valence electrons. The highest BCUT2D eigenvalue weighted by Gasteiger charge is 2.59. The lowest BCUT2D eigenvalue weighted by Crippen LogP contribution is -2.51. The van der Waals surface area contributed by atoms with Gasteiger partial charge in [0.25, 0.3) is 0 Å². The van der Waals surface area contributed by atoms with Crippen LogP contribution in [0.4, 0.5) is 0 Å². The van der Waals surface area contributed by atoms with E-state index in [0.717, 1.165) is 41.4 Å². The molecule has 8 nitrogen and oxygen atoms in total. The summed E-state index contributed by atoms with van der Waals surface area (Å²) in [7, 11) is 0. The first-order valence-electron chi connectivity index (χ1n) is 17.4. The summed E-state index contributed by atoms with van der Waals surface area (Å²) >= 11 is 3.50. The molecule has 3 saturated carbocycles. The molecule has 5 unspecified atom stereocenters. The standard InChI is InChI=1S/C38H50BrNO7/c1-23(40-44-21-26-6-9-28(39)10-7-26)31-12-13-32-30-11-8-27-20-29(16-18-37(27,4)33(30)17-19-38(31,32)5)46-36-15-14-34(45-25(3)42)35(47-36)22-43-24(2)41/h6-10,14-15,29-36H,11-13,16-22H2,1-5H3/b40-23+/t29?,30?,31-,32?,33?,34+,35-,36?,37+,38-/m1/s1. The predicted octanol–water partition coefficient (Wildman–Crippen LogP) is 8.08. The molecule has 10 atom stereocenters. The van der Waals surface area contributed by atoms with E-state index in [-0.39, 0.29) is 23.5 Å². The van der Waals surface area contributed by atoms with Gasteiger partial charge in [0.1, 0.15) is 25.4 Å². The number of benzene rings is 1. The van der Waals surface area contributed by atoms with Crippen LogP contribution in [-0.2, 0) is 40.0 Å². The second kappa shape index (κ2) is 14.2. The SMILES string of the molecule is CC(=O)OC[C@H]1OC(OC2CC[C@@]3(C)C(=CCC4C3CC[C@@]3(C)C4CC[C@@H]3/C(C)=N/OCc3ccc(Br)cc3)C2)C=C[C@@H]1OC(C)=O. The van der Waals surface area contributed by atoms with Crippen LogP contribution in [0.5, 0.6) is 0 Å². The zero-order valence-electron chi connectivity index (χ0n) is 28.4. The summed E-state index contributed by atoms with van der Waals surface area (Å²) in [6.07, 6.45) is 13.4. The normalized spacial score (nSPS) is 38.0. The van der Waals surface area contributed by atoms with Gasteiger partial charge in [-0.3, -0.25) is 9.59 Å². The molecule has 0 amide bonds. The fourth-order valence-corrected chi connectivity index (χ4v) is 10.1. The molecule has 47 heavy (non-hydrogen) atoms. The fraction of sp³-hybridized carbons (Fsp3) is 0.658. The Morgan fingerprint density at radius 1 is 0.979 bits per heavy atom. The maximum atomic E-state index is 11.6. The molecular formula is C38H50BrNO7. The number of halogens is 1. The lowest BCUT2D eigenvalue weighted by atomic mass is 9.47. The van der Waals surface area contributed by atoms with Gasteiger partial charge in [-0.15, -0.1) is 0 Å². The van der Waals surface area contributed by atoms with Crippen LogP contribution in [0, 0.1) is 34.5 Å². The minimum Gasteiger partial charge on any atom is -0.463 e. The lowest BCUT2D eigenvalue weighted by molar-refractivity contribution is -0.213. The minimum absolute atomic E-state index is 0.000213. The molecule has 1 heterocycles. The van der Waals surface area contributed by atoms with Crippen molar-refractivity contribution in [1.82, 2.24) is 0 Å². The van der Waals surface area contributed by atoms with E-state index < -0.39 is 30.4 Å². The van der Waals surface area contributed by atoms with Crippen molar-refractivity contribution in [3.8, 4) is 0 Å². The lowest BCUT2D eigenvalue weighted by Gasteiger charge is -2.58. The Balaban J connectivity index is 1.08. The van der Waals surface area contributed by atoms with E-state index in [1.165, 1.54) is 39.5 Å². The highest BCUT2D eigenvalue weighted by molar-refractivity contribution is 9.10. The van der Waals surface area contributed by atoms with Gasteiger partial charge in [0, 0.05) is 24.2 Å². The second-order valence-electron chi connectivity index (χ2n) is 14.9. The number of oxime groups is 1. The number of allylic oxidation sites excluding steroid dienone is 1. The molecule has 3 fully saturated rings. The zero-order chi connectivity index (χ0) is 33.3. The monoisotopic (exact) mass is 711 g/mol. The Morgan fingerprint density at radius 2 is 1.77 bits per heavy atom. The molecule has 0 spiro atoms. The predicted molar refractivity (Wildman–Crippen MR) is 182 cm³/mol. The molecule has 0 N–H and O–H groups in total. The molecule has 1 aliphatic heterocycles. The second-order valence-corrected chi connectivity index (χ2v) is 15.8. The maximum absolute atomic E-state index is 11.6. The quantitative estimate of drug-likeness (QED) is 0.111. The van der Waals surface area contributed by atoms with E-state index in [1.54, 1.807) is 11.6 Å². The average Bonchev–Trinajstić information content (AvgIpc) is 3.39. The third-order valence-corrected chi connectivity index (χ3v) is 12.7. The number of ether oxygens (including phenoxy) is 4. The summed E-state index contributed by atoms with van der Waals surface area (Å²) in [5, 5.41) is 4.66. The van der Waals surface area contributed by atoms with Crippen molar-refractivity contribution >= 4 is 33.6 Å². The fourth-order valence-electron chi connectivity index (χ4n) is 9.81. The number of carbonyl (C=O) groups is 2. The number of hydrogen-bond acceptors (Lipinski definition) is 8. The molecule has 0 radical (unpaired) electrons. The van der Waals surface area contributed by atoms with Gasteiger partial charge in [-0.2, -0.15) is 0 Å². The Kier molecular flexibility index (Phi) is 10.4. The summed E-state index contributed by atoms with van der Waals surface area (Å²) < 4.78 is 24.3. The van der Waals surface area contributed by atoms with Crippen molar-refractivity contribution in [2.45, 2.75) is 117 Å². The van der Waals surface area contributed by atoms with Crippen LogP contribution >= 0.6 is 15.9 Å². The van der Waals surface area contributed by atoms with Crippen molar-refractivity contribution < 1.29 is 33.4 Å². The van der Waals surface area contributed by atoms with E-state index in [0.29, 0.717) is 30.3 Å². The molecule has 1 aromatic carbocycles. The Labute approximate surface area is 287 Å². The molecule has 0 bridgehead atoms.